The molecule has 1 heterocycles. The van der Waals surface area contributed by atoms with Crippen LogP contribution < -0.4 is 0 Å². The average molecular weight is 293 g/mol. The molecule has 4 nitrogen and oxygen atoms in total. The van der Waals surface area contributed by atoms with Crippen molar-refractivity contribution < 1.29 is 19.0 Å². The molecule has 0 saturated carbocycles. The van der Waals surface area contributed by atoms with Gasteiger partial charge in [0, 0.05) is 32.3 Å². The van der Waals surface area contributed by atoms with E-state index in [1.807, 2.05) is 6.92 Å². The molecular formula is C16H20FNO3. The fourth-order valence-corrected chi connectivity index (χ4v) is 2.49. The van der Waals surface area contributed by atoms with E-state index in [0.29, 0.717) is 12.1 Å². The van der Waals surface area contributed by atoms with Crippen molar-refractivity contribution >= 4 is 12.0 Å². The van der Waals surface area contributed by atoms with Gasteiger partial charge >= 0.3 is 5.97 Å². The standard InChI is InChI=1S/C16H20FNO3/c1-12-10-18(7-2-8-21-12)11-14-3-5-15(17)9-13(14)4-6-16(19)20/h3-6,9,12H,2,7-8,10-11H2,1H3,(H,19,20). The number of halogens is 1. The molecule has 0 spiro atoms. The summed E-state index contributed by atoms with van der Waals surface area (Å²) in [6.07, 6.45) is 3.61. The Morgan fingerprint density at radius 3 is 3.14 bits per heavy atom. The summed E-state index contributed by atoms with van der Waals surface area (Å²) in [5.41, 5.74) is 1.53. The highest BCUT2D eigenvalue weighted by Crippen LogP contribution is 2.17. The van der Waals surface area contributed by atoms with Gasteiger partial charge in [-0.3, -0.25) is 4.90 Å². The molecule has 0 aromatic heterocycles. The number of benzene rings is 1. The number of carbonyl (C=O) groups is 1. The third-order valence-electron chi connectivity index (χ3n) is 3.44. The minimum atomic E-state index is -1.04. The zero-order chi connectivity index (χ0) is 15.2. The average Bonchev–Trinajstić information content (AvgIpc) is 2.63. The van der Waals surface area contributed by atoms with E-state index in [-0.39, 0.29) is 11.9 Å². The number of carboxylic acids is 1. The Bertz CT molecular complexity index is 530. The van der Waals surface area contributed by atoms with Crippen molar-refractivity contribution in [2.45, 2.75) is 26.0 Å². The number of ether oxygens (including phenoxy) is 1. The Labute approximate surface area is 123 Å². The molecule has 0 radical (unpaired) electrons. The maximum atomic E-state index is 13.4. The molecule has 0 amide bonds. The highest BCUT2D eigenvalue weighted by molar-refractivity contribution is 5.85. The quantitative estimate of drug-likeness (QED) is 0.867. The molecule has 21 heavy (non-hydrogen) atoms. The number of hydrogen-bond acceptors (Lipinski definition) is 3. The zero-order valence-corrected chi connectivity index (χ0v) is 12.1. The molecule has 1 aliphatic rings. The van der Waals surface area contributed by atoms with Crippen molar-refractivity contribution in [1.82, 2.24) is 4.90 Å². The molecular weight excluding hydrogens is 273 g/mol. The predicted molar refractivity (Wildman–Crippen MR) is 78.4 cm³/mol. The van der Waals surface area contributed by atoms with Gasteiger partial charge in [-0.1, -0.05) is 6.07 Å². The number of aliphatic carboxylic acids is 1. The molecule has 1 aromatic rings. The van der Waals surface area contributed by atoms with E-state index in [1.54, 1.807) is 6.07 Å². The number of nitrogens with zero attached hydrogens (tertiary/aromatic N) is 1. The smallest absolute Gasteiger partial charge is 0.328 e. The molecule has 5 heteroatoms. The summed E-state index contributed by atoms with van der Waals surface area (Å²) in [6, 6.07) is 4.49. The number of rotatable bonds is 4. The van der Waals surface area contributed by atoms with Gasteiger partial charge in [-0.2, -0.15) is 0 Å². The number of hydrogen-bond donors (Lipinski definition) is 1. The summed E-state index contributed by atoms with van der Waals surface area (Å²) in [7, 11) is 0. The first-order valence-electron chi connectivity index (χ1n) is 7.08. The van der Waals surface area contributed by atoms with E-state index >= 15 is 0 Å². The van der Waals surface area contributed by atoms with Crippen LogP contribution in [0.1, 0.15) is 24.5 Å². The van der Waals surface area contributed by atoms with Gasteiger partial charge in [0.15, 0.2) is 0 Å². The van der Waals surface area contributed by atoms with Crippen LogP contribution >= 0.6 is 0 Å². The number of carboxylic acid groups (broad SMARTS) is 1. The Kier molecular flexibility index (Phi) is 5.47. The van der Waals surface area contributed by atoms with E-state index in [0.717, 1.165) is 37.8 Å². The Morgan fingerprint density at radius 1 is 1.57 bits per heavy atom. The van der Waals surface area contributed by atoms with Gasteiger partial charge in [-0.05, 0) is 42.7 Å². The van der Waals surface area contributed by atoms with Crippen LogP contribution in [-0.2, 0) is 16.1 Å². The van der Waals surface area contributed by atoms with Gasteiger partial charge in [0.1, 0.15) is 5.82 Å². The summed E-state index contributed by atoms with van der Waals surface area (Å²) in [5, 5.41) is 8.72. The van der Waals surface area contributed by atoms with E-state index in [4.69, 9.17) is 9.84 Å². The maximum Gasteiger partial charge on any atom is 0.328 e. The van der Waals surface area contributed by atoms with Crippen molar-refractivity contribution in [3.05, 3.63) is 41.2 Å². The lowest BCUT2D eigenvalue weighted by Crippen LogP contribution is -2.30. The monoisotopic (exact) mass is 293 g/mol. The zero-order valence-electron chi connectivity index (χ0n) is 12.1. The van der Waals surface area contributed by atoms with Crippen LogP contribution in [0.15, 0.2) is 24.3 Å². The second-order valence-corrected chi connectivity index (χ2v) is 5.28. The van der Waals surface area contributed by atoms with Crippen LogP contribution in [-0.4, -0.2) is 41.8 Å². The minimum Gasteiger partial charge on any atom is -0.478 e. The van der Waals surface area contributed by atoms with Gasteiger partial charge in [0.2, 0.25) is 0 Å². The van der Waals surface area contributed by atoms with Crippen LogP contribution in [0, 0.1) is 5.82 Å². The second kappa shape index (κ2) is 7.33. The third-order valence-corrected chi connectivity index (χ3v) is 3.44. The lowest BCUT2D eigenvalue weighted by Gasteiger charge is -2.22. The molecule has 1 N–H and O–H groups in total. The fourth-order valence-electron chi connectivity index (χ4n) is 2.49. The predicted octanol–water partition coefficient (Wildman–Crippen LogP) is 2.53. The van der Waals surface area contributed by atoms with E-state index in [2.05, 4.69) is 4.90 Å². The van der Waals surface area contributed by atoms with Gasteiger partial charge in [0.25, 0.3) is 0 Å². The molecule has 1 saturated heterocycles. The molecule has 1 atom stereocenters. The molecule has 0 aliphatic carbocycles. The van der Waals surface area contributed by atoms with Crippen molar-refractivity contribution in [2.24, 2.45) is 0 Å². The molecule has 2 rings (SSSR count). The van der Waals surface area contributed by atoms with Crippen LogP contribution in [0.3, 0.4) is 0 Å². The lowest BCUT2D eigenvalue weighted by atomic mass is 10.1. The van der Waals surface area contributed by atoms with Gasteiger partial charge in [0.05, 0.1) is 6.10 Å². The van der Waals surface area contributed by atoms with E-state index in [1.165, 1.54) is 18.2 Å². The van der Waals surface area contributed by atoms with E-state index < -0.39 is 5.97 Å². The van der Waals surface area contributed by atoms with Crippen LogP contribution in [0.4, 0.5) is 4.39 Å². The third kappa shape index (κ3) is 4.95. The molecule has 1 aromatic carbocycles. The first-order valence-corrected chi connectivity index (χ1v) is 7.08. The largest absolute Gasteiger partial charge is 0.478 e. The van der Waals surface area contributed by atoms with E-state index in [9.17, 15) is 9.18 Å². The van der Waals surface area contributed by atoms with Gasteiger partial charge < -0.3 is 9.84 Å². The minimum absolute atomic E-state index is 0.172. The Balaban J connectivity index is 2.16. The van der Waals surface area contributed by atoms with Gasteiger partial charge in [-0.25, -0.2) is 9.18 Å². The van der Waals surface area contributed by atoms with Crippen LogP contribution in [0.5, 0.6) is 0 Å². The summed E-state index contributed by atoms with van der Waals surface area (Å²) in [6.45, 7) is 5.19. The van der Waals surface area contributed by atoms with Crippen molar-refractivity contribution in [3.8, 4) is 0 Å². The van der Waals surface area contributed by atoms with Gasteiger partial charge in [-0.15, -0.1) is 0 Å². The molecule has 0 bridgehead atoms. The normalized spacial score (nSPS) is 20.6. The summed E-state index contributed by atoms with van der Waals surface area (Å²) in [5.74, 6) is -1.40. The Morgan fingerprint density at radius 2 is 2.38 bits per heavy atom. The molecule has 114 valence electrons. The topological polar surface area (TPSA) is 49.8 Å². The Hall–Kier alpha value is -1.72. The molecule has 1 aliphatic heterocycles. The molecule has 1 unspecified atom stereocenters. The summed E-state index contributed by atoms with van der Waals surface area (Å²) >= 11 is 0. The maximum absolute atomic E-state index is 13.4. The lowest BCUT2D eigenvalue weighted by molar-refractivity contribution is -0.131. The van der Waals surface area contributed by atoms with Crippen molar-refractivity contribution in [2.75, 3.05) is 19.7 Å². The van der Waals surface area contributed by atoms with Crippen LogP contribution in [0.2, 0.25) is 0 Å². The van der Waals surface area contributed by atoms with Crippen molar-refractivity contribution in [1.29, 1.82) is 0 Å². The summed E-state index contributed by atoms with van der Waals surface area (Å²) < 4.78 is 19.0. The SMILES string of the molecule is CC1CN(Cc2ccc(F)cc2C=CC(=O)O)CCCO1. The fraction of sp³-hybridized carbons (Fsp3) is 0.438. The highest BCUT2D eigenvalue weighted by atomic mass is 19.1. The second-order valence-electron chi connectivity index (χ2n) is 5.28. The molecule has 1 fully saturated rings. The highest BCUT2D eigenvalue weighted by Gasteiger charge is 2.16. The summed E-state index contributed by atoms with van der Waals surface area (Å²) in [4.78, 5) is 12.9. The first kappa shape index (κ1) is 15.7. The van der Waals surface area contributed by atoms with Crippen molar-refractivity contribution in [3.63, 3.8) is 0 Å². The first-order chi connectivity index (χ1) is 10.0. The van der Waals surface area contributed by atoms with Crippen LogP contribution in [0.25, 0.3) is 6.08 Å².